The van der Waals surface area contributed by atoms with E-state index in [1.807, 2.05) is 18.2 Å². The van der Waals surface area contributed by atoms with Crippen LogP contribution in [0.15, 0.2) is 46.4 Å². The summed E-state index contributed by atoms with van der Waals surface area (Å²) < 4.78 is 27.5. The van der Waals surface area contributed by atoms with E-state index in [-0.39, 0.29) is 23.7 Å². The molecule has 0 saturated carbocycles. The summed E-state index contributed by atoms with van der Waals surface area (Å²) in [6.45, 7) is 0. The molecule has 0 bridgehead atoms. The highest BCUT2D eigenvalue weighted by molar-refractivity contribution is 6.01. The minimum atomic E-state index is -0.658. The molecule has 2 atom stereocenters. The number of methoxy groups -OCH3 is 5. The van der Waals surface area contributed by atoms with Gasteiger partial charge in [-0.2, -0.15) is 0 Å². The Morgan fingerprint density at radius 2 is 1.38 bits per heavy atom. The van der Waals surface area contributed by atoms with E-state index in [9.17, 15) is 9.59 Å². The van der Waals surface area contributed by atoms with Gasteiger partial charge in [-0.15, -0.1) is 0 Å². The van der Waals surface area contributed by atoms with Crippen LogP contribution in [-0.4, -0.2) is 51.5 Å². The molecule has 1 aliphatic carbocycles. The van der Waals surface area contributed by atoms with Crippen LogP contribution in [0.3, 0.4) is 0 Å². The van der Waals surface area contributed by atoms with Crippen LogP contribution in [0.2, 0.25) is 0 Å². The Morgan fingerprint density at radius 1 is 0.730 bits per heavy atom. The number of carbonyl (C=O) groups is 1. The van der Waals surface area contributed by atoms with Gasteiger partial charge in [-0.1, -0.05) is 6.07 Å². The number of ketones is 1. The maximum Gasteiger partial charge on any atom is 0.270 e. The number of allylic oxidation sites excluding steroid dienone is 2. The van der Waals surface area contributed by atoms with Crippen LogP contribution in [0, 0.1) is 0 Å². The quantitative estimate of drug-likeness (QED) is 0.442. The van der Waals surface area contributed by atoms with Crippen LogP contribution < -0.4 is 34.6 Å². The van der Waals surface area contributed by atoms with E-state index in [0.717, 1.165) is 11.3 Å². The van der Waals surface area contributed by atoms with Crippen molar-refractivity contribution in [2.24, 2.45) is 0 Å². The summed E-state index contributed by atoms with van der Waals surface area (Å²) in [5, 5.41) is 8.89. The molecule has 3 aromatic rings. The Hall–Kier alpha value is -4.34. The molecule has 0 radical (unpaired) electrons. The summed E-state index contributed by atoms with van der Waals surface area (Å²) in [5.74, 6) is 2.39. The van der Waals surface area contributed by atoms with Crippen LogP contribution in [0.4, 0.5) is 5.82 Å². The van der Waals surface area contributed by atoms with Crippen molar-refractivity contribution in [3.8, 4) is 28.7 Å². The number of hydrogen-bond donors (Lipinski definition) is 3. The summed E-state index contributed by atoms with van der Waals surface area (Å²) in [5.41, 5.74) is 3.00. The second-order valence-electron chi connectivity index (χ2n) is 8.91. The van der Waals surface area contributed by atoms with Crippen molar-refractivity contribution in [1.82, 2.24) is 10.2 Å². The number of hydrogen-bond acceptors (Lipinski definition) is 8. The Balaban J connectivity index is 1.64. The van der Waals surface area contributed by atoms with Crippen LogP contribution in [0.25, 0.3) is 0 Å². The molecule has 10 nitrogen and oxygen atoms in total. The summed E-state index contributed by atoms with van der Waals surface area (Å²) in [6, 6.07) is 9.17. The number of H-pyrrole nitrogens is 2. The van der Waals surface area contributed by atoms with Gasteiger partial charge in [-0.25, -0.2) is 0 Å². The first kappa shape index (κ1) is 24.4. The maximum atomic E-state index is 13.8. The minimum Gasteiger partial charge on any atom is -0.496 e. The molecular formula is C27H29N3O7. The Bertz CT molecular complexity index is 1450. The van der Waals surface area contributed by atoms with E-state index in [4.69, 9.17) is 23.7 Å². The molecule has 0 amide bonds. The number of fused-ring (bicyclic) bond motifs is 1. The first-order valence-electron chi connectivity index (χ1n) is 11.8. The molecule has 194 valence electrons. The van der Waals surface area contributed by atoms with E-state index >= 15 is 0 Å². The van der Waals surface area contributed by atoms with Crippen molar-refractivity contribution in [1.29, 1.82) is 0 Å². The molecule has 10 heteroatoms. The van der Waals surface area contributed by atoms with Crippen LogP contribution in [0.1, 0.15) is 41.4 Å². The Morgan fingerprint density at radius 3 is 2.05 bits per heavy atom. The highest BCUT2D eigenvalue weighted by Gasteiger charge is 2.42. The number of Topliss-reactive ketones (excluding diaryl/α,β-unsaturated/α-hetero) is 1. The number of anilines is 1. The number of nitrogens with one attached hydrogen (secondary N) is 3. The van der Waals surface area contributed by atoms with Crippen molar-refractivity contribution < 1.29 is 28.5 Å². The standard InChI is InChI=1S/C27H29N3O7/c1-33-18-7-6-13(10-20(18)35-3)14-8-16-24(17(31)9-14)23(25-26(28-16)29-30-27(25)32)15-11-21(36-4)22(37-5)12-19(15)34-2/h6-7,10-12,14,23H,8-9H2,1-5H3,(H3,28,29,30,32). The third-order valence-corrected chi connectivity index (χ3v) is 7.10. The molecular weight excluding hydrogens is 478 g/mol. The normalized spacial score (nSPS) is 18.5. The summed E-state index contributed by atoms with van der Waals surface area (Å²) in [6.07, 6.45) is 0.842. The van der Waals surface area contributed by atoms with Crippen molar-refractivity contribution in [3.63, 3.8) is 0 Å². The molecule has 2 unspecified atom stereocenters. The van der Waals surface area contributed by atoms with Crippen molar-refractivity contribution >= 4 is 11.6 Å². The fourth-order valence-corrected chi connectivity index (χ4v) is 5.35. The summed E-state index contributed by atoms with van der Waals surface area (Å²) >= 11 is 0. The lowest BCUT2D eigenvalue weighted by molar-refractivity contribution is -0.116. The third kappa shape index (κ3) is 3.98. The lowest BCUT2D eigenvalue weighted by Gasteiger charge is -2.35. The zero-order valence-electron chi connectivity index (χ0n) is 21.3. The first-order chi connectivity index (χ1) is 17.9. The van der Waals surface area contributed by atoms with Gasteiger partial charge >= 0.3 is 0 Å². The first-order valence-corrected chi connectivity index (χ1v) is 11.8. The molecule has 0 fully saturated rings. The van der Waals surface area contributed by atoms with Gasteiger partial charge in [0, 0.05) is 29.3 Å². The highest BCUT2D eigenvalue weighted by Crippen LogP contribution is 2.50. The number of rotatable bonds is 7. The number of benzene rings is 2. The smallest absolute Gasteiger partial charge is 0.270 e. The zero-order chi connectivity index (χ0) is 26.3. The van der Waals surface area contributed by atoms with Crippen LogP contribution >= 0.6 is 0 Å². The fraction of sp³-hybridized carbons (Fsp3) is 0.333. The van der Waals surface area contributed by atoms with Crippen molar-refractivity contribution in [2.45, 2.75) is 24.7 Å². The van der Waals surface area contributed by atoms with E-state index in [1.54, 1.807) is 33.5 Å². The number of aromatic amines is 2. The van der Waals surface area contributed by atoms with Gasteiger partial charge in [0.2, 0.25) is 0 Å². The second-order valence-corrected chi connectivity index (χ2v) is 8.91. The molecule has 1 aliphatic heterocycles. The summed E-state index contributed by atoms with van der Waals surface area (Å²) in [4.78, 5) is 26.8. The van der Waals surface area contributed by atoms with E-state index in [1.165, 1.54) is 14.2 Å². The maximum absolute atomic E-state index is 13.8. The average molecular weight is 508 g/mol. The third-order valence-electron chi connectivity index (χ3n) is 7.10. The monoisotopic (exact) mass is 507 g/mol. The van der Waals surface area contributed by atoms with Gasteiger partial charge in [0.15, 0.2) is 28.8 Å². The molecule has 0 spiro atoms. The molecule has 2 aromatic carbocycles. The second kappa shape index (κ2) is 9.61. The Kier molecular flexibility index (Phi) is 6.32. The van der Waals surface area contributed by atoms with Gasteiger partial charge < -0.3 is 29.0 Å². The number of carbonyl (C=O) groups excluding carboxylic acids is 1. The molecule has 2 aliphatic rings. The predicted molar refractivity (Wildman–Crippen MR) is 137 cm³/mol. The fourth-order valence-electron chi connectivity index (χ4n) is 5.35. The largest absolute Gasteiger partial charge is 0.496 e. The lowest BCUT2D eigenvalue weighted by Crippen LogP contribution is -2.31. The van der Waals surface area contributed by atoms with Crippen LogP contribution in [-0.2, 0) is 4.79 Å². The van der Waals surface area contributed by atoms with Gasteiger partial charge in [-0.3, -0.25) is 19.8 Å². The predicted octanol–water partition coefficient (Wildman–Crippen LogP) is 3.70. The molecule has 5 rings (SSSR count). The topological polar surface area (TPSA) is 124 Å². The zero-order valence-corrected chi connectivity index (χ0v) is 21.3. The molecule has 1 aromatic heterocycles. The summed E-state index contributed by atoms with van der Waals surface area (Å²) in [7, 11) is 7.79. The van der Waals surface area contributed by atoms with E-state index in [0.29, 0.717) is 57.7 Å². The minimum absolute atomic E-state index is 0.0541. The lowest BCUT2D eigenvalue weighted by atomic mass is 9.72. The number of aromatic nitrogens is 2. The number of ether oxygens (including phenoxy) is 5. The Labute approximate surface area is 213 Å². The van der Waals surface area contributed by atoms with Crippen LogP contribution in [0.5, 0.6) is 28.7 Å². The van der Waals surface area contributed by atoms with E-state index in [2.05, 4.69) is 15.5 Å². The van der Waals surface area contributed by atoms with Gasteiger partial charge in [0.05, 0.1) is 47.0 Å². The van der Waals surface area contributed by atoms with Gasteiger partial charge in [0.1, 0.15) is 11.6 Å². The van der Waals surface area contributed by atoms with Gasteiger partial charge in [0.25, 0.3) is 5.56 Å². The molecule has 0 saturated heterocycles. The highest BCUT2D eigenvalue weighted by atomic mass is 16.5. The molecule has 3 N–H and O–H groups in total. The van der Waals surface area contributed by atoms with Crippen molar-refractivity contribution in [2.75, 3.05) is 40.9 Å². The van der Waals surface area contributed by atoms with E-state index < -0.39 is 5.92 Å². The molecule has 2 heterocycles. The SMILES string of the molecule is COc1ccc(C2CC(=O)C3=C(C2)Nc2[nH][nH]c(=O)c2C3c2cc(OC)c(OC)cc2OC)cc1OC. The molecule has 37 heavy (non-hydrogen) atoms. The van der Waals surface area contributed by atoms with Gasteiger partial charge in [-0.05, 0) is 36.1 Å². The average Bonchev–Trinajstić information content (AvgIpc) is 3.30. The van der Waals surface area contributed by atoms with Crippen molar-refractivity contribution in [3.05, 3.63) is 68.6 Å².